The summed E-state index contributed by atoms with van der Waals surface area (Å²) in [6.45, 7) is 0. The highest BCUT2D eigenvalue weighted by Crippen LogP contribution is 2.43. The molecule has 0 saturated carbocycles. The molecule has 0 aliphatic heterocycles. The SMILES string of the molecule is N#CC1(C(F)(F)F)C=CC=CC1. The van der Waals surface area contributed by atoms with Crippen molar-refractivity contribution in [1.82, 2.24) is 0 Å². The Hall–Kier alpha value is -1.24. The lowest BCUT2D eigenvalue weighted by atomic mass is 9.82. The van der Waals surface area contributed by atoms with E-state index in [-0.39, 0.29) is 6.42 Å². The highest BCUT2D eigenvalue weighted by atomic mass is 19.4. The summed E-state index contributed by atoms with van der Waals surface area (Å²) in [7, 11) is 0. The van der Waals surface area contributed by atoms with Gasteiger partial charge in [0.05, 0.1) is 6.07 Å². The molecule has 0 N–H and O–H groups in total. The Balaban J connectivity index is 3.02. The van der Waals surface area contributed by atoms with Gasteiger partial charge in [-0.2, -0.15) is 18.4 Å². The van der Waals surface area contributed by atoms with E-state index in [1.807, 2.05) is 0 Å². The summed E-state index contributed by atoms with van der Waals surface area (Å²) in [5.41, 5.74) is -2.30. The fourth-order valence-electron chi connectivity index (χ4n) is 0.977. The lowest BCUT2D eigenvalue weighted by molar-refractivity contribution is -0.185. The second kappa shape index (κ2) is 2.67. The molecule has 0 heterocycles. The van der Waals surface area contributed by atoms with Crippen LogP contribution in [-0.2, 0) is 0 Å². The van der Waals surface area contributed by atoms with Crippen LogP contribution >= 0.6 is 0 Å². The average molecular weight is 173 g/mol. The van der Waals surface area contributed by atoms with Crippen LogP contribution in [0, 0.1) is 16.7 Å². The summed E-state index contributed by atoms with van der Waals surface area (Å²) >= 11 is 0. The van der Waals surface area contributed by atoms with Crippen LogP contribution in [0.1, 0.15) is 6.42 Å². The molecule has 0 bridgehead atoms. The topological polar surface area (TPSA) is 23.8 Å². The molecule has 0 aromatic carbocycles. The number of halogens is 3. The molecular weight excluding hydrogens is 167 g/mol. The molecule has 0 radical (unpaired) electrons. The normalized spacial score (nSPS) is 28.5. The molecule has 4 heteroatoms. The van der Waals surface area contributed by atoms with Gasteiger partial charge in [0.2, 0.25) is 0 Å². The van der Waals surface area contributed by atoms with E-state index in [1.54, 1.807) is 0 Å². The Labute approximate surface area is 67.8 Å². The van der Waals surface area contributed by atoms with Crippen LogP contribution in [0.2, 0.25) is 0 Å². The summed E-state index contributed by atoms with van der Waals surface area (Å²) in [4.78, 5) is 0. The molecule has 1 rings (SSSR count). The van der Waals surface area contributed by atoms with Crippen LogP contribution in [0.5, 0.6) is 0 Å². The van der Waals surface area contributed by atoms with Crippen molar-refractivity contribution in [3.8, 4) is 6.07 Å². The number of allylic oxidation sites excluding steroid dienone is 4. The standard InChI is InChI=1S/C8H6F3N/c9-8(10,11)7(6-12)4-2-1-3-5-7/h1-4H,5H2. The Morgan fingerprint density at radius 2 is 2.00 bits per heavy atom. The fraction of sp³-hybridized carbons (Fsp3) is 0.375. The molecule has 1 unspecified atom stereocenters. The van der Waals surface area contributed by atoms with Gasteiger partial charge in [0, 0.05) is 0 Å². The summed E-state index contributed by atoms with van der Waals surface area (Å²) in [6, 6.07) is 1.29. The van der Waals surface area contributed by atoms with Crippen molar-refractivity contribution in [2.75, 3.05) is 0 Å². The Morgan fingerprint density at radius 1 is 1.33 bits per heavy atom. The first-order valence-corrected chi connectivity index (χ1v) is 3.34. The average Bonchev–Trinajstić information content (AvgIpc) is 2.04. The van der Waals surface area contributed by atoms with Gasteiger partial charge >= 0.3 is 6.18 Å². The van der Waals surface area contributed by atoms with Crippen molar-refractivity contribution in [2.24, 2.45) is 5.41 Å². The van der Waals surface area contributed by atoms with Crippen molar-refractivity contribution >= 4 is 0 Å². The maximum absolute atomic E-state index is 12.3. The molecule has 1 atom stereocenters. The molecule has 1 aliphatic carbocycles. The molecule has 1 aliphatic rings. The largest absolute Gasteiger partial charge is 0.410 e. The van der Waals surface area contributed by atoms with Crippen LogP contribution in [0.15, 0.2) is 24.3 Å². The van der Waals surface area contributed by atoms with E-state index in [0.29, 0.717) is 0 Å². The third-order valence-electron chi connectivity index (χ3n) is 1.77. The van der Waals surface area contributed by atoms with Crippen molar-refractivity contribution in [3.05, 3.63) is 24.3 Å². The Bertz CT molecular complexity index is 269. The van der Waals surface area contributed by atoms with Gasteiger partial charge in [-0.3, -0.25) is 0 Å². The zero-order valence-corrected chi connectivity index (χ0v) is 6.10. The lowest BCUT2D eigenvalue weighted by Gasteiger charge is -2.25. The third-order valence-corrected chi connectivity index (χ3v) is 1.77. The summed E-state index contributed by atoms with van der Waals surface area (Å²) in [5.74, 6) is 0. The van der Waals surface area contributed by atoms with Gasteiger partial charge in [-0.25, -0.2) is 0 Å². The first-order chi connectivity index (χ1) is 5.52. The molecule has 0 fully saturated rings. The second-order valence-electron chi connectivity index (χ2n) is 2.57. The minimum Gasteiger partial charge on any atom is -0.197 e. The molecule has 1 nitrogen and oxygen atoms in total. The molecule has 0 aromatic rings. The summed E-state index contributed by atoms with van der Waals surface area (Å²) < 4.78 is 36.9. The zero-order chi connectivity index (χ0) is 9.24. The first kappa shape index (κ1) is 8.85. The van der Waals surface area contributed by atoms with E-state index in [4.69, 9.17) is 5.26 Å². The van der Waals surface area contributed by atoms with Gasteiger partial charge in [0.25, 0.3) is 0 Å². The van der Waals surface area contributed by atoms with Crippen molar-refractivity contribution in [1.29, 1.82) is 5.26 Å². The van der Waals surface area contributed by atoms with E-state index in [0.717, 1.165) is 6.08 Å². The lowest BCUT2D eigenvalue weighted by Crippen LogP contribution is -2.35. The summed E-state index contributed by atoms with van der Waals surface area (Å²) in [5, 5.41) is 8.42. The molecular formula is C8H6F3N. The van der Waals surface area contributed by atoms with Gasteiger partial charge in [0.15, 0.2) is 5.41 Å². The highest BCUT2D eigenvalue weighted by Gasteiger charge is 2.53. The Kier molecular flexibility index (Phi) is 1.97. The van der Waals surface area contributed by atoms with Crippen LogP contribution in [0.25, 0.3) is 0 Å². The van der Waals surface area contributed by atoms with E-state index in [9.17, 15) is 13.2 Å². The summed E-state index contributed by atoms with van der Waals surface area (Å²) in [6.07, 6.45) is 0.220. The van der Waals surface area contributed by atoms with Crippen LogP contribution in [0.4, 0.5) is 13.2 Å². The number of rotatable bonds is 0. The molecule has 64 valence electrons. The maximum atomic E-state index is 12.3. The molecule has 12 heavy (non-hydrogen) atoms. The van der Waals surface area contributed by atoms with Crippen molar-refractivity contribution in [2.45, 2.75) is 12.6 Å². The van der Waals surface area contributed by atoms with Gasteiger partial charge in [0.1, 0.15) is 0 Å². The predicted molar refractivity (Wildman–Crippen MR) is 37.0 cm³/mol. The van der Waals surface area contributed by atoms with Crippen LogP contribution < -0.4 is 0 Å². The maximum Gasteiger partial charge on any atom is 0.410 e. The highest BCUT2D eigenvalue weighted by molar-refractivity contribution is 5.26. The molecule has 0 amide bonds. The van der Waals surface area contributed by atoms with Gasteiger partial charge in [-0.15, -0.1) is 0 Å². The van der Waals surface area contributed by atoms with Crippen molar-refractivity contribution in [3.63, 3.8) is 0 Å². The monoisotopic (exact) mass is 173 g/mol. The number of nitriles is 1. The fourth-order valence-corrected chi connectivity index (χ4v) is 0.977. The molecule has 0 saturated heterocycles. The van der Waals surface area contributed by atoms with Crippen LogP contribution in [-0.4, -0.2) is 6.18 Å². The number of nitrogens with zero attached hydrogens (tertiary/aromatic N) is 1. The first-order valence-electron chi connectivity index (χ1n) is 3.34. The number of alkyl halides is 3. The third kappa shape index (κ3) is 1.22. The van der Waals surface area contributed by atoms with Crippen LogP contribution in [0.3, 0.4) is 0 Å². The quantitative estimate of drug-likeness (QED) is 0.552. The second-order valence-corrected chi connectivity index (χ2v) is 2.57. The van der Waals surface area contributed by atoms with Crippen molar-refractivity contribution < 1.29 is 13.2 Å². The van der Waals surface area contributed by atoms with E-state index in [1.165, 1.54) is 24.3 Å². The van der Waals surface area contributed by atoms with E-state index < -0.39 is 11.6 Å². The van der Waals surface area contributed by atoms with E-state index in [2.05, 4.69) is 0 Å². The smallest absolute Gasteiger partial charge is 0.197 e. The number of hydrogen-bond donors (Lipinski definition) is 0. The Morgan fingerprint density at radius 3 is 2.25 bits per heavy atom. The van der Waals surface area contributed by atoms with Gasteiger partial charge in [-0.05, 0) is 6.42 Å². The minimum atomic E-state index is -4.48. The number of hydrogen-bond acceptors (Lipinski definition) is 1. The zero-order valence-electron chi connectivity index (χ0n) is 6.10. The van der Waals surface area contributed by atoms with Gasteiger partial charge < -0.3 is 0 Å². The van der Waals surface area contributed by atoms with E-state index >= 15 is 0 Å². The minimum absolute atomic E-state index is 0.288. The molecule has 0 aromatic heterocycles. The molecule has 0 spiro atoms. The van der Waals surface area contributed by atoms with Gasteiger partial charge in [-0.1, -0.05) is 24.3 Å². The predicted octanol–water partition coefficient (Wildman–Crippen LogP) is 2.57.